The van der Waals surface area contributed by atoms with E-state index in [-0.39, 0.29) is 0 Å². The summed E-state index contributed by atoms with van der Waals surface area (Å²) in [4.78, 5) is 0. The molecule has 1 aliphatic carbocycles. The minimum atomic E-state index is -1.90. The molecular formula is C19H15FN4O2. The molecule has 0 radical (unpaired) electrons. The molecule has 4 fully saturated rings. The van der Waals surface area contributed by atoms with E-state index < -0.39 is 40.4 Å². The molecule has 1 aromatic rings. The van der Waals surface area contributed by atoms with Crippen molar-refractivity contribution in [3.05, 3.63) is 35.6 Å². The molecule has 0 aromatic heterocycles. The van der Waals surface area contributed by atoms with E-state index in [0.29, 0.717) is 18.4 Å². The van der Waals surface area contributed by atoms with Gasteiger partial charge in [-0.3, -0.25) is 5.41 Å². The van der Waals surface area contributed by atoms with Crippen LogP contribution in [0.4, 0.5) is 4.39 Å². The van der Waals surface area contributed by atoms with Crippen LogP contribution in [-0.2, 0) is 9.47 Å². The third kappa shape index (κ3) is 1.68. The van der Waals surface area contributed by atoms with E-state index in [1.54, 1.807) is 0 Å². The monoisotopic (exact) mass is 350 g/mol. The SMILES string of the molecule is N#CC1(C#N)[C@@H]2CCCC[C@@]23OC(=N)[C@@]1(C#N)[C@H](c1ccc(F)cc1)O3. The second-order valence-corrected chi connectivity index (χ2v) is 7.04. The summed E-state index contributed by atoms with van der Waals surface area (Å²) in [6.07, 6.45) is 1.45. The highest BCUT2D eigenvalue weighted by atomic mass is 19.1. The van der Waals surface area contributed by atoms with Gasteiger partial charge in [-0.25, -0.2) is 4.39 Å². The van der Waals surface area contributed by atoms with Crippen molar-refractivity contribution in [1.82, 2.24) is 0 Å². The van der Waals surface area contributed by atoms with Gasteiger partial charge in [0.15, 0.2) is 10.8 Å². The second-order valence-electron chi connectivity index (χ2n) is 7.04. The third-order valence-electron chi connectivity index (χ3n) is 5.99. The summed E-state index contributed by atoms with van der Waals surface area (Å²) < 4.78 is 25.4. The summed E-state index contributed by atoms with van der Waals surface area (Å²) in [5.74, 6) is -2.77. The maximum atomic E-state index is 13.4. The highest BCUT2D eigenvalue weighted by Crippen LogP contribution is 2.69. The van der Waals surface area contributed by atoms with Crippen molar-refractivity contribution in [1.29, 1.82) is 21.2 Å². The van der Waals surface area contributed by atoms with Crippen LogP contribution in [0.3, 0.4) is 0 Å². The molecule has 3 heterocycles. The molecule has 1 N–H and O–H groups in total. The Kier molecular flexibility index (Phi) is 3.35. The third-order valence-corrected chi connectivity index (χ3v) is 5.99. The molecule has 3 aliphatic heterocycles. The molecule has 1 spiro atoms. The Bertz CT molecular complexity index is 895. The van der Waals surface area contributed by atoms with Crippen molar-refractivity contribution in [3.63, 3.8) is 0 Å². The lowest BCUT2D eigenvalue weighted by atomic mass is 9.48. The zero-order valence-corrected chi connectivity index (χ0v) is 13.8. The van der Waals surface area contributed by atoms with E-state index in [2.05, 4.69) is 12.1 Å². The van der Waals surface area contributed by atoms with Crippen LogP contribution in [0, 0.1) is 62.0 Å². The van der Waals surface area contributed by atoms with E-state index in [1.165, 1.54) is 24.3 Å². The molecule has 5 rings (SSSR count). The van der Waals surface area contributed by atoms with Crippen LogP contribution in [0.1, 0.15) is 37.4 Å². The number of rotatable bonds is 1. The van der Waals surface area contributed by atoms with E-state index in [0.717, 1.165) is 12.8 Å². The van der Waals surface area contributed by atoms with E-state index >= 15 is 0 Å². The number of fused-ring (bicyclic) bond motifs is 2. The Hall–Kier alpha value is -2.95. The van der Waals surface area contributed by atoms with Crippen LogP contribution in [0.15, 0.2) is 24.3 Å². The zero-order valence-electron chi connectivity index (χ0n) is 13.8. The van der Waals surface area contributed by atoms with Gasteiger partial charge in [0.25, 0.3) is 0 Å². The average molecular weight is 350 g/mol. The topological polar surface area (TPSA) is 114 Å². The fraction of sp³-hybridized carbons (Fsp3) is 0.474. The molecule has 4 aliphatic rings. The van der Waals surface area contributed by atoms with Crippen LogP contribution in [0.25, 0.3) is 0 Å². The van der Waals surface area contributed by atoms with Crippen molar-refractivity contribution < 1.29 is 13.9 Å². The maximum absolute atomic E-state index is 13.4. The molecule has 1 aromatic carbocycles. The summed E-state index contributed by atoms with van der Waals surface area (Å²) in [7, 11) is 0. The van der Waals surface area contributed by atoms with Gasteiger partial charge in [-0.1, -0.05) is 18.6 Å². The van der Waals surface area contributed by atoms with Gasteiger partial charge in [-0.2, -0.15) is 15.8 Å². The molecule has 26 heavy (non-hydrogen) atoms. The number of halogens is 1. The predicted octanol–water partition coefficient (Wildman–Crippen LogP) is 3.33. The van der Waals surface area contributed by atoms with Gasteiger partial charge in [-0.15, -0.1) is 0 Å². The van der Waals surface area contributed by atoms with Crippen molar-refractivity contribution >= 4 is 5.90 Å². The molecule has 1 saturated carbocycles. The summed E-state index contributed by atoms with van der Waals surface area (Å²) >= 11 is 0. The number of hydrogen-bond donors (Lipinski definition) is 1. The highest BCUT2D eigenvalue weighted by molar-refractivity contribution is 5.89. The number of hydrogen-bond acceptors (Lipinski definition) is 6. The number of ether oxygens (including phenoxy) is 2. The van der Waals surface area contributed by atoms with Crippen LogP contribution >= 0.6 is 0 Å². The number of nitrogens with one attached hydrogen (secondary N) is 1. The maximum Gasteiger partial charge on any atom is 0.218 e. The smallest absolute Gasteiger partial charge is 0.218 e. The lowest BCUT2D eigenvalue weighted by Crippen LogP contribution is -2.73. The van der Waals surface area contributed by atoms with E-state index in [1.807, 2.05) is 6.07 Å². The molecule has 0 amide bonds. The van der Waals surface area contributed by atoms with E-state index in [4.69, 9.17) is 14.9 Å². The Balaban J connectivity index is 2.00. The summed E-state index contributed by atoms with van der Waals surface area (Å²) in [5.41, 5.74) is -3.23. The molecular weight excluding hydrogens is 335 g/mol. The molecule has 4 atom stereocenters. The first-order chi connectivity index (χ1) is 12.5. The van der Waals surface area contributed by atoms with Crippen molar-refractivity contribution in [2.75, 3.05) is 0 Å². The zero-order chi connectivity index (χ0) is 18.6. The van der Waals surface area contributed by atoms with Gasteiger partial charge in [-0.05, 0) is 30.5 Å². The molecule has 3 saturated heterocycles. The van der Waals surface area contributed by atoms with Crippen molar-refractivity contribution in [2.24, 2.45) is 16.7 Å². The van der Waals surface area contributed by atoms with Crippen LogP contribution < -0.4 is 0 Å². The molecule has 7 heteroatoms. The molecule has 6 nitrogen and oxygen atoms in total. The highest BCUT2D eigenvalue weighted by Gasteiger charge is 2.80. The quantitative estimate of drug-likeness (QED) is 0.834. The summed E-state index contributed by atoms with van der Waals surface area (Å²) in [6, 6.07) is 11.5. The van der Waals surface area contributed by atoms with Crippen molar-refractivity contribution in [3.8, 4) is 18.2 Å². The summed E-state index contributed by atoms with van der Waals surface area (Å²) in [5, 5.41) is 38.6. The molecule has 2 bridgehead atoms. The Morgan fingerprint density at radius 2 is 1.77 bits per heavy atom. The fourth-order valence-electron chi connectivity index (χ4n) is 4.78. The van der Waals surface area contributed by atoms with Gasteiger partial charge in [0.05, 0.1) is 24.1 Å². The lowest BCUT2D eigenvalue weighted by Gasteiger charge is -2.63. The lowest BCUT2D eigenvalue weighted by molar-refractivity contribution is -0.360. The summed E-state index contributed by atoms with van der Waals surface area (Å²) in [6.45, 7) is 0. The van der Waals surface area contributed by atoms with Gasteiger partial charge in [0, 0.05) is 6.42 Å². The van der Waals surface area contributed by atoms with Gasteiger partial charge in [0.2, 0.25) is 11.7 Å². The first-order valence-electron chi connectivity index (χ1n) is 8.45. The van der Waals surface area contributed by atoms with Gasteiger partial charge in [0.1, 0.15) is 11.9 Å². The average Bonchev–Trinajstić information content (AvgIpc) is 2.66. The minimum absolute atomic E-state index is 0.415. The molecule has 130 valence electrons. The first kappa shape index (κ1) is 16.5. The number of benzene rings is 1. The first-order valence-corrected chi connectivity index (χ1v) is 8.45. The normalized spacial score (nSPS) is 36.8. The van der Waals surface area contributed by atoms with Gasteiger partial charge >= 0.3 is 0 Å². The second kappa shape index (κ2) is 5.27. The van der Waals surface area contributed by atoms with E-state index in [9.17, 15) is 20.2 Å². The van der Waals surface area contributed by atoms with Crippen LogP contribution in [0.5, 0.6) is 0 Å². The van der Waals surface area contributed by atoms with Crippen LogP contribution in [0.2, 0.25) is 0 Å². The Morgan fingerprint density at radius 3 is 2.38 bits per heavy atom. The minimum Gasteiger partial charge on any atom is -0.447 e. The van der Waals surface area contributed by atoms with Gasteiger partial charge < -0.3 is 9.47 Å². The standard InChI is InChI=1S/C19H15FN4O2/c20-13-6-4-12(5-7-13)15-18(11-23)16(24)26-19(25-15)8-2-1-3-14(19)17(18,9-21)10-22/h4-7,14-15,24H,1-3,8H2/t14-,15-,18+,19+/m0/s1. The fourth-order valence-corrected chi connectivity index (χ4v) is 4.78. The number of nitriles is 3. The Labute approximate surface area is 149 Å². The molecule has 0 unspecified atom stereocenters. The largest absolute Gasteiger partial charge is 0.447 e. The predicted molar refractivity (Wildman–Crippen MR) is 85.4 cm³/mol. The number of nitrogens with zero attached hydrogens (tertiary/aromatic N) is 3. The van der Waals surface area contributed by atoms with Crippen LogP contribution in [-0.4, -0.2) is 11.7 Å². The Morgan fingerprint density at radius 1 is 1.08 bits per heavy atom. The van der Waals surface area contributed by atoms with Crippen molar-refractivity contribution in [2.45, 2.75) is 37.6 Å².